The molecule has 1 aromatic carbocycles. The number of aromatic amines is 1. The molecule has 2 heterocycles. The second-order valence-electron chi connectivity index (χ2n) is 4.49. The highest BCUT2D eigenvalue weighted by molar-refractivity contribution is 7.13. The lowest BCUT2D eigenvalue weighted by Crippen LogP contribution is -2.20. The number of ketones is 2. The molecule has 1 aliphatic carbocycles. The average Bonchev–Trinajstić information content (AvgIpc) is 3.13. The quantitative estimate of drug-likeness (QED) is 0.583. The molecule has 0 atom stereocenters. The molecule has 0 fully saturated rings. The van der Waals surface area contributed by atoms with Crippen LogP contribution in [-0.4, -0.2) is 21.5 Å². The second-order valence-corrected chi connectivity index (χ2v) is 5.44. The van der Waals surface area contributed by atoms with Crippen LogP contribution in [0, 0.1) is 0 Å². The maximum absolute atomic E-state index is 12.4. The van der Waals surface area contributed by atoms with Crippen molar-refractivity contribution in [1.82, 2.24) is 9.97 Å². The number of rotatable bonds is 1. The van der Waals surface area contributed by atoms with E-state index in [-0.39, 0.29) is 23.0 Å². The Morgan fingerprint density at radius 1 is 0.950 bits per heavy atom. The first-order valence-corrected chi connectivity index (χ1v) is 6.96. The second kappa shape index (κ2) is 3.98. The summed E-state index contributed by atoms with van der Waals surface area (Å²) in [6.45, 7) is 0. The maximum atomic E-state index is 12.4. The molecular weight excluding hydrogens is 272 g/mol. The van der Waals surface area contributed by atoms with E-state index in [0.29, 0.717) is 17.0 Å². The number of carbonyl (C=O) groups excluding carboxylic acids is 2. The van der Waals surface area contributed by atoms with Crippen LogP contribution in [0.5, 0.6) is 0 Å². The number of nitrogens with zero attached hydrogens (tertiary/aromatic N) is 1. The van der Waals surface area contributed by atoms with E-state index in [1.807, 2.05) is 17.5 Å². The van der Waals surface area contributed by atoms with Crippen LogP contribution in [0.2, 0.25) is 0 Å². The molecule has 20 heavy (non-hydrogen) atoms. The predicted molar refractivity (Wildman–Crippen MR) is 75.2 cm³/mol. The van der Waals surface area contributed by atoms with Gasteiger partial charge < -0.3 is 4.98 Å². The Morgan fingerprint density at radius 2 is 1.70 bits per heavy atom. The van der Waals surface area contributed by atoms with Crippen LogP contribution in [0.3, 0.4) is 0 Å². The summed E-state index contributed by atoms with van der Waals surface area (Å²) in [4.78, 5) is 33.0. The average molecular weight is 280 g/mol. The summed E-state index contributed by atoms with van der Waals surface area (Å²) >= 11 is 1.51. The van der Waals surface area contributed by atoms with Gasteiger partial charge in [0.2, 0.25) is 11.6 Å². The minimum atomic E-state index is -0.200. The summed E-state index contributed by atoms with van der Waals surface area (Å²) in [5.74, 6) is 0.194. The molecule has 0 aliphatic heterocycles. The molecule has 0 saturated carbocycles. The number of H-pyrrole nitrogens is 1. The zero-order valence-electron chi connectivity index (χ0n) is 10.2. The van der Waals surface area contributed by atoms with E-state index in [4.69, 9.17) is 0 Å². The van der Waals surface area contributed by atoms with Crippen LogP contribution in [-0.2, 0) is 0 Å². The van der Waals surface area contributed by atoms with Gasteiger partial charge in [0.15, 0.2) is 0 Å². The SMILES string of the molecule is O=C1c2ccccc2C(=O)c2[nH]c(-c3cccs3)nc21. The minimum Gasteiger partial charge on any atom is -0.334 e. The molecule has 1 N–H and O–H groups in total. The van der Waals surface area contributed by atoms with Crippen LogP contribution in [0.1, 0.15) is 32.1 Å². The zero-order valence-corrected chi connectivity index (χ0v) is 11.0. The number of fused-ring (bicyclic) bond motifs is 2. The van der Waals surface area contributed by atoms with Crippen molar-refractivity contribution in [3.8, 4) is 10.7 Å². The van der Waals surface area contributed by atoms with Gasteiger partial charge in [-0.25, -0.2) is 4.98 Å². The van der Waals surface area contributed by atoms with Gasteiger partial charge in [-0.3, -0.25) is 9.59 Å². The van der Waals surface area contributed by atoms with Gasteiger partial charge in [-0.2, -0.15) is 0 Å². The zero-order chi connectivity index (χ0) is 13.7. The van der Waals surface area contributed by atoms with Crippen molar-refractivity contribution in [1.29, 1.82) is 0 Å². The highest BCUT2D eigenvalue weighted by atomic mass is 32.1. The van der Waals surface area contributed by atoms with Crippen LogP contribution in [0.25, 0.3) is 10.7 Å². The number of hydrogen-bond donors (Lipinski definition) is 1. The summed E-state index contributed by atoms with van der Waals surface area (Å²) in [7, 11) is 0. The molecule has 0 radical (unpaired) electrons. The normalized spacial score (nSPS) is 13.2. The maximum Gasteiger partial charge on any atom is 0.214 e. The van der Waals surface area contributed by atoms with Crippen LogP contribution < -0.4 is 0 Å². The van der Waals surface area contributed by atoms with Crippen molar-refractivity contribution in [2.45, 2.75) is 0 Å². The number of imidazole rings is 1. The van der Waals surface area contributed by atoms with Gasteiger partial charge in [-0.05, 0) is 11.4 Å². The van der Waals surface area contributed by atoms with E-state index < -0.39 is 0 Å². The molecule has 3 aromatic rings. The smallest absolute Gasteiger partial charge is 0.214 e. The van der Waals surface area contributed by atoms with E-state index in [0.717, 1.165) is 4.88 Å². The molecule has 4 rings (SSSR count). The molecule has 96 valence electrons. The van der Waals surface area contributed by atoms with Crippen molar-refractivity contribution in [3.05, 3.63) is 64.3 Å². The highest BCUT2D eigenvalue weighted by Crippen LogP contribution is 2.29. The lowest BCUT2D eigenvalue weighted by atomic mass is 9.90. The van der Waals surface area contributed by atoms with Crippen molar-refractivity contribution >= 4 is 22.9 Å². The summed E-state index contributed by atoms with van der Waals surface area (Å²) in [6, 6.07) is 10.6. The number of benzene rings is 1. The molecule has 4 nitrogen and oxygen atoms in total. The predicted octanol–water partition coefficient (Wildman–Crippen LogP) is 2.91. The third kappa shape index (κ3) is 1.44. The third-order valence-corrected chi connectivity index (χ3v) is 4.19. The van der Waals surface area contributed by atoms with Crippen LogP contribution in [0.4, 0.5) is 0 Å². The Bertz CT molecular complexity index is 794. The van der Waals surface area contributed by atoms with E-state index in [2.05, 4.69) is 9.97 Å². The molecule has 0 bridgehead atoms. The first-order chi connectivity index (χ1) is 9.75. The van der Waals surface area contributed by atoms with Gasteiger partial charge in [0.25, 0.3) is 0 Å². The number of aromatic nitrogens is 2. The fourth-order valence-corrected chi connectivity index (χ4v) is 3.04. The molecule has 0 amide bonds. The van der Waals surface area contributed by atoms with Gasteiger partial charge in [0.05, 0.1) is 4.88 Å². The highest BCUT2D eigenvalue weighted by Gasteiger charge is 2.33. The van der Waals surface area contributed by atoms with Gasteiger partial charge in [-0.15, -0.1) is 11.3 Å². The Balaban J connectivity index is 1.94. The van der Waals surface area contributed by atoms with Gasteiger partial charge in [0, 0.05) is 11.1 Å². The first kappa shape index (κ1) is 11.3. The van der Waals surface area contributed by atoms with Crippen molar-refractivity contribution in [2.24, 2.45) is 0 Å². The Labute approximate surface area is 118 Å². The number of nitrogens with one attached hydrogen (secondary N) is 1. The summed E-state index contributed by atoms with van der Waals surface area (Å²) < 4.78 is 0. The summed E-state index contributed by atoms with van der Waals surface area (Å²) in [5.41, 5.74) is 1.37. The fourth-order valence-electron chi connectivity index (χ4n) is 2.37. The van der Waals surface area contributed by atoms with Gasteiger partial charge in [-0.1, -0.05) is 30.3 Å². The summed E-state index contributed by atoms with van der Waals surface area (Å²) in [5, 5.41) is 1.93. The lowest BCUT2D eigenvalue weighted by Gasteiger charge is -2.11. The standard InChI is InChI=1S/C15H8N2O2S/c18-13-8-4-1-2-5-9(8)14(19)12-11(13)16-15(17-12)10-6-3-7-20-10/h1-7H,(H,16,17). The Kier molecular flexibility index (Phi) is 2.25. The lowest BCUT2D eigenvalue weighted by molar-refractivity contribution is 0.0974. The molecule has 5 heteroatoms. The minimum absolute atomic E-state index is 0.175. The Morgan fingerprint density at radius 3 is 2.40 bits per heavy atom. The molecule has 0 saturated heterocycles. The third-order valence-electron chi connectivity index (χ3n) is 3.32. The molecule has 0 unspecified atom stereocenters. The molecule has 1 aliphatic rings. The van der Waals surface area contributed by atoms with E-state index >= 15 is 0 Å². The van der Waals surface area contributed by atoms with E-state index in [1.165, 1.54) is 11.3 Å². The first-order valence-electron chi connectivity index (χ1n) is 6.08. The van der Waals surface area contributed by atoms with Gasteiger partial charge in [0.1, 0.15) is 17.2 Å². The van der Waals surface area contributed by atoms with E-state index in [1.54, 1.807) is 24.3 Å². The number of thiophene rings is 1. The Hall–Kier alpha value is -2.53. The molecular formula is C15H8N2O2S. The largest absolute Gasteiger partial charge is 0.334 e. The van der Waals surface area contributed by atoms with Crippen molar-refractivity contribution < 1.29 is 9.59 Å². The van der Waals surface area contributed by atoms with Crippen molar-refractivity contribution in [3.63, 3.8) is 0 Å². The molecule has 0 spiro atoms. The molecule has 2 aromatic heterocycles. The number of hydrogen-bond acceptors (Lipinski definition) is 4. The topological polar surface area (TPSA) is 62.8 Å². The van der Waals surface area contributed by atoms with Crippen molar-refractivity contribution in [2.75, 3.05) is 0 Å². The van der Waals surface area contributed by atoms with Crippen LogP contribution >= 0.6 is 11.3 Å². The fraction of sp³-hybridized carbons (Fsp3) is 0. The summed E-state index contributed by atoms with van der Waals surface area (Å²) in [6.07, 6.45) is 0. The number of carbonyl (C=O) groups is 2. The monoisotopic (exact) mass is 280 g/mol. The van der Waals surface area contributed by atoms with Crippen LogP contribution in [0.15, 0.2) is 41.8 Å². The van der Waals surface area contributed by atoms with E-state index in [9.17, 15) is 9.59 Å². The van der Waals surface area contributed by atoms with Gasteiger partial charge >= 0.3 is 0 Å².